The van der Waals surface area contributed by atoms with Crippen LogP contribution in [0.5, 0.6) is 5.75 Å². The minimum Gasteiger partial charge on any atom is -0.497 e. The van der Waals surface area contributed by atoms with Gasteiger partial charge in [0.2, 0.25) is 0 Å². The molecule has 1 N–H and O–H groups in total. The Morgan fingerprint density at radius 1 is 1.00 bits per heavy atom. The van der Waals surface area contributed by atoms with E-state index in [2.05, 4.69) is 5.32 Å². The van der Waals surface area contributed by atoms with E-state index < -0.39 is 5.97 Å². The Kier molecular flexibility index (Phi) is 4.78. The van der Waals surface area contributed by atoms with Crippen LogP contribution in [0.1, 0.15) is 26.3 Å². The monoisotopic (exact) mass is 299 g/mol. The van der Waals surface area contributed by atoms with Crippen molar-refractivity contribution in [2.24, 2.45) is 0 Å². The summed E-state index contributed by atoms with van der Waals surface area (Å²) in [6.45, 7) is 1.76. The van der Waals surface area contributed by atoms with E-state index in [9.17, 15) is 9.59 Å². The summed E-state index contributed by atoms with van der Waals surface area (Å²) >= 11 is 0. The van der Waals surface area contributed by atoms with Gasteiger partial charge in [-0.25, -0.2) is 4.79 Å². The average molecular weight is 299 g/mol. The van der Waals surface area contributed by atoms with Gasteiger partial charge in [-0.15, -0.1) is 0 Å². The van der Waals surface area contributed by atoms with Crippen LogP contribution in [-0.2, 0) is 4.74 Å². The maximum Gasteiger partial charge on any atom is 0.338 e. The highest BCUT2D eigenvalue weighted by molar-refractivity contribution is 6.05. The lowest BCUT2D eigenvalue weighted by Gasteiger charge is -2.11. The number of carbonyl (C=O) groups excluding carboxylic acids is 2. The van der Waals surface area contributed by atoms with Gasteiger partial charge in [-0.05, 0) is 48.9 Å². The highest BCUT2D eigenvalue weighted by Crippen LogP contribution is 2.21. The second kappa shape index (κ2) is 6.76. The molecule has 0 fully saturated rings. The van der Waals surface area contributed by atoms with E-state index in [4.69, 9.17) is 9.47 Å². The second-order valence-electron chi connectivity index (χ2n) is 4.65. The van der Waals surface area contributed by atoms with E-state index in [-0.39, 0.29) is 5.91 Å². The van der Waals surface area contributed by atoms with Crippen molar-refractivity contribution in [3.8, 4) is 5.75 Å². The first-order valence-corrected chi connectivity index (χ1v) is 6.70. The zero-order chi connectivity index (χ0) is 16.1. The lowest BCUT2D eigenvalue weighted by molar-refractivity contribution is 0.0599. The third-order valence-electron chi connectivity index (χ3n) is 3.34. The number of hydrogen-bond acceptors (Lipinski definition) is 4. The van der Waals surface area contributed by atoms with Crippen molar-refractivity contribution in [3.63, 3.8) is 0 Å². The molecule has 0 atom stereocenters. The Morgan fingerprint density at radius 2 is 1.68 bits per heavy atom. The lowest BCUT2D eigenvalue weighted by atomic mass is 10.1. The number of methoxy groups -OCH3 is 2. The molecule has 2 aromatic carbocycles. The van der Waals surface area contributed by atoms with E-state index >= 15 is 0 Å². The number of rotatable bonds is 4. The minimum atomic E-state index is -0.432. The summed E-state index contributed by atoms with van der Waals surface area (Å²) < 4.78 is 9.78. The number of amides is 1. The van der Waals surface area contributed by atoms with Gasteiger partial charge in [-0.3, -0.25) is 4.79 Å². The van der Waals surface area contributed by atoms with Crippen LogP contribution in [0.25, 0.3) is 0 Å². The minimum absolute atomic E-state index is 0.257. The molecule has 0 heterocycles. The zero-order valence-corrected chi connectivity index (χ0v) is 12.7. The molecule has 0 saturated heterocycles. The van der Waals surface area contributed by atoms with Crippen molar-refractivity contribution in [2.45, 2.75) is 6.92 Å². The molecule has 5 heteroatoms. The van der Waals surface area contributed by atoms with Crippen molar-refractivity contribution in [1.82, 2.24) is 0 Å². The summed E-state index contributed by atoms with van der Waals surface area (Å²) in [4.78, 5) is 23.9. The molecule has 5 nitrogen and oxygen atoms in total. The predicted molar refractivity (Wildman–Crippen MR) is 83.5 cm³/mol. The van der Waals surface area contributed by atoms with Crippen molar-refractivity contribution in [1.29, 1.82) is 0 Å². The quantitative estimate of drug-likeness (QED) is 0.881. The van der Waals surface area contributed by atoms with Crippen LogP contribution < -0.4 is 10.1 Å². The van der Waals surface area contributed by atoms with E-state index in [0.29, 0.717) is 28.1 Å². The molecular formula is C17H17NO4. The molecule has 22 heavy (non-hydrogen) atoms. The molecule has 0 spiro atoms. The van der Waals surface area contributed by atoms with Crippen molar-refractivity contribution in [2.75, 3.05) is 19.5 Å². The van der Waals surface area contributed by atoms with Crippen LogP contribution in [0, 0.1) is 6.92 Å². The molecule has 2 rings (SSSR count). The fourth-order valence-corrected chi connectivity index (χ4v) is 2.04. The second-order valence-corrected chi connectivity index (χ2v) is 4.65. The number of carbonyl (C=O) groups is 2. The third-order valence-corrected chi connectivity index (χ3v) is 3.34. The number of benzene rings is 2. The Morgan fingerprint density at radius 3 is 2.27 bits per heavy atom. The van der Waals surface area contributed by atoms with E-state index in [1.54, 1.807) is 56.5 Å². The molecule has 0 saturated carbocycles. The van der Waals surface area contributed by atoms with Gasteiger partial charge >= 0.3 is 5.97 Å². The predicted octanol–water partition coefficient (Wildman–Crippen LogP) is 3.04. The van der Waals surface area contributed by atoms with Crippen molar-refractivity contribution >= 4 is 17.6 Å². The normalized spacial score (nSPS) is 9.95. The molecule has 1 amide bonds. The first-order chi connectivity index (χ1) is 10.6. The van der Waals surface area contributed by atoms with Gasteiger partial charge < -0.3 is 14.8 Å². The number of hydrogen-bond donors (Lipinski definition) is 1. The smallest absolute Gasteiger partial charge is 0.338 e. The Bertz CT molecular complexity index is 692. The Labute approximate surface area is 128 Å². The number of anilines is 1. The number of nitrogens with one attached hydrogen (secondary N) is 1. The van der Waals surface area contributed by atoms with Crippen LogP contribution in [-0.4, -0.2) is 26.1 Å². The van der Waals surface area contributed by atoms with Gasteiger partial charge in [-0.2, -0.15) is 0 Å². The summed E-state index contributed by atoms with van der Waals surface area (Å²) in [5, 5.41) is 2.80. The van der Waals surface area contributed by atoms with Gasteiger partial charge in [0, 0.05) is 11.3 Å². The lowest BCUT2D eigenvalue weighted by Crippen LogP contribution is -2.14. The first kappa shape index (κ1) is 15.6. The largest absolute Gasteiger partial charge is 0.497 e. The van der Waals surface area contributed by atoms with E-state index in [0.717, 1.165) is 0 Å². The Hall–Kier alpha value is -2.82. The summed E-state index contributed by atoms with van der Waals surface area (Å²) in [5.41, 5.74) is 2.17. The fraction of sp³-hybridized carbons (Fsp3) is 0.176. The zero-order valence-electron chi connectivity index (χ0n) is 12.7. The molecule has 114 valence electrons. The SMILES string of the molecule is COC(=O)c1cccc(NC(=O)c2ccc(OC)cc2)c1C. The van der Waals surface area contributed by atoms with Gasteiger partial charge in [0.1, 0.15) is 5.75 Å². The molecular weight excluding hydrogens is 282 g/mol. The summed E-state index contributed by atoms with van der Waals surface area (Å²) in [5.74, 6) is -0.00812. The van der Waals surface area contributed by atoms with Crippen LogP contribution in [0.4, 0.5) is 5.69 Å². The van der Waals surface area contributed by atoms with Gasteiger partial charge in [0.05, 0.1) is 19.8 Å². The maximum atomic E-state index is 12.2. The molecule has 0 aliphatic heterocycles. The van der Waals surface area contributed by atoms with Crippen LogP contribution in [0.2, 0.25) is 0 Å². The highest BCUT2D eigenvalue weighted by Gasteiger charge is 2.14. The Balaban J connectivity index is 2.22. The first-order valence-electron chi connectivity index (χ1n) is 6.70. The average Bonchev–Trinajstić information content (AvgIpc) is 2.56. The van der Waals surface area contributed by atoms with Crippen LogP contribution in [0.3, 0.4) is 0 Å². The number of ether oxygens (including phenoxy) is 2. The fourth-order valence-electron chi connectivity index (χ4n) is 2.04. The van der Waals surface area contributed by atoms with E-state index in [1.165, 1.54) is 7.11 Å². The highest BCUT2D eigenvalue weighted by atomic mass is 16.5. The maximum absolute atomic E-state index is 12.2. The molecule has 2 aromatic rings. The van der Waals surface area contributed by atoms with Gasteiger partial charge in [0.15, 0.2) is 0 Å². The summed E-state index contributed by atoms with van der Waals surface area (Å²) in [6, 6.07) is 11.9. The summed E-state index contributed by atoms with van der Waals surface area (Å²) in [7, 11) is 2.89. The van der Waals surface area contributed by atoms with Gasteiger partial charge in [0.25, 0.3) is 5.91 Å². The van der Waals surface area contributed by atoms with Crippen molar-refractivity contribution < 1.29 is 19.1 Å². The van der Waals surface area contributed by atoms with Crippen molar-refractivity contribution in [3.05, 3.63) is 59.2 Å². The number of esters is 1. The van der Waals surface area contributed by atoms with Gasteiger partial charge in [-0.1, -0.05) is 6.07 Å². The molecule has 0 aromatic heterocycles. The molecule has 0 radical (unpaired) electrons. The van der Waals surface area contributed by atoms with Crippen LogP contribution >= 0.6 is 0 Å². The molecule has 0 aliphatic carbocycles. The standard InChI is InChI=1S/C17H17NO4/c1-11-14(17(20)22-3)5-4-6-15(11)18-16(19)12-7-9-13(21-2)10-8-12/h4-10H,1-3H3,(H,18,19). The molecule has 0 unspecified atom stereocenters. The molecule has 0 aliphatic rings. The van der Waals surface area contributed by atoms with E-state index in [1.807, 2.05) is 0 Å². The topological polar surface area (TPSA) is 64.6 Å². The summed E-state index contributed by atoms with van der Waals surface area (Å²) in [6.07, 6.45) is 0. The third kappa shape index (κ3) is 3.25. The molecule has 0 bridgehead atoms. The van der Waals surface area contributed by atoms with Crippen LogP contribution in [0.15, 0.2) is 42.5 Å².